The van der Waals surface area contributed by atoms with Gasteiger partial charge >= 0.3 is 0 Å². The van der Waals surface area contributed by atoms with Crippen molar-refractivity contribution in [3.63, 3.8) is 0 Å². The van der Waals surface area contributed by atoms with E-state index in [2.05, 4.69) is 32.4 Å². The monoisotopic (exact) mass is 482 g/mol. The number of methoxy groups -OCH3 is 2. The van der Waals surface area contributed by atoms with E-state index in [9.17, 15) is 4.79 Å². The highest BCUT2D eigenvalue weighted by Gasteiger charge is 2.08. The van der Waals surface area contributed by atoms with Gasteiger partial charge in [0.2, 0.25) is 5.91 Å². The molecule has 0 aliphatic carbocycles. The Morgan fingerprint density at radius 2 is 1.86 bits per heavy atom. The first-order chi connectivity index (χ1) is 17.6. The summed E-state index contributed by atoms with van der Waals surface area (Å²) >= 11 is 0. The highest BCUT2D eigenvalue weighted by molar-refractivity contribution is 5.91. The number of aromatic nitrogens is 2. The van der Waals surface area contributed by atoms with Crippen molar-refractivity contribution in [1.82, 2.24) is 15.3 Å². The summed E-state index contributed by atoms with van der Waals surface area (Å²) in [5.74, 6) is 8.64. The number of rotatable bonds is 8. The van der Waals surface area contributed by atoms with Crippen molar-refractivity contribution in [1.29, 1.82) is 0 Å². The summed E-state index contributed by atoms with van der Waals surface area (Å²) in [6.45, 7) is 2.23. The smallest absolute Gasteiger partial charge is 0.246 e. The average Bonchev–Trinajstić information content (AvgIpc) is 2.89. The summed E-state index contributed by atoms with van der Waals surface area (Å²) in [5, 5.41) is 6.88. The average molecular weight is 483 g/mol. The first-order valence-electron chi connectivity index (χ1n) is 11.2. The predicted octanol–water partition coefficient (Wildman–Crippen LogP) is 4.60. The van der Waals surface area contributed by atoms with E-state index in [0.717, 1.165) is 39.2 Å². The van der Waals surface area contributed by atoms with E-state index in [4.69, 9.17) is 14.2 Å². The van der Waals surface area contributed by atoms with Crippen molar-refractivity contribution in [3.8, 4) is 29.1 Å². The fourth-order valence-corrected chi connectivity index (χ4v) is 3.48. The molecule has 0 saturated carbocycles. The molecule has 3 aromatic carbocycles. The molecule has 0 spiro atoms. The molecule has 0 fully saturated rings. The van der Waals surface area contributed by atoms with Gasteiger partial charge in [-0.3, -0.25) is 4.79 Å². The van der Waals surface area contributed by atoms with E-state index in [0.29, 0.717) is 11.6 Å². The molecule has 8 heteroatoms. The SMILES string of the molecule is COCC(=O)NCC#Cc1ccc2ncnc(Nc3ccc(Oc4cccc(OC)c4)c(C)c3)c2c1. The quantitative estimate of drug-likeness (QED) is 0.355. The first kappa shape index (κ1) is 24.5. The fraction of sp³-hybridized carbons (Fsp3) is 0.179. The van der Waals surface area contributed by atoms with Gasteiger partial charge in [-0.25, -0.2) is 9.97 Å². The first-order valence-corrected chi connectivity index (χ1v) is 11.2. The van der Waals surface area contributed by atoms with E-state index in [1.807, 2.05) is 67.6 Å². The second-order valence-corrected chi connectivity index (χ2v) is 7.85. The third-order valence-electron chi connectivity index (χ3n) is 5.22. The van der Waals surface area contributed by atoms with Crippen LogP contribution in [0.25, 0.3) is 10.9 Å². The number of ether oxygens (including phenoxy) is 3. The van der Waals surface area contributed by atoms with Crippen LogP contribution in [0.2, 0.25) is 0 Å². The lowest BCUT2D eigenvalue weighted by Crippen LogP contribution is -2.27. The van der Waals surface area contributed by atoms with Crippen molar-refractivity contribution in [2.75, 3.05) is 32.7 Å². The van der Waals surface area contributed by atoms with Crippen LogP contribution in [0.15, 0.2) is 67.0 Å². The standard InChI is InChI=1S/C28H26N4O4/c1-19-14-21(10-12-26(19)36-23-8-4-7-22(16-23)35-3)32-28-24-15-20(9-11-25(24)30-18-31-28)6-5-13-29-27(33)17-34-2/h4,7-12,14-16,18H,13,17H2,1-3H3,(H,29,33)(H,30,31,32). The molecule has 1 heterocycles. The third-order valence-corrected chi connectivity index (χ3v) is 5.22. The molecule has 0 atom stereocenters. The van der Waals surface area contributed by atoms with Crippen molar-refractivity contribution in [3.05, 3.63) is 78.1 Å². The number of hydrogen-bond acceptors (Lipinski definition) is 7. The van der Waals surface area contributed by atoms with Gasteiger partial charge < -0.3 is 24.8 Å². The molecule has 0 radical (unpaired) electrons. The zero-order valence-electron chi connectivity index (χ0n) is 20.3. The van der Waals surface area contributed by atoms with Gasteiger partial charge in [0.25, 0.3) is 0 Å². The number of anilines is 2. The lowest BCUT2D eigenvalue weighted by molar-refractivity contribution is -0.124. The van der Waals surface area contributed by atoms with Crippen molar-refractivity contribution in [2.45, 2.75) is 6.92 Å². The zero-order chi connectivity index (χ0) is 25.3. The zero-order valence-corrected chi connectivity index (χ0v) is 20.3. The number of carbonyl (C=O) groups is 1. The van der Waals surface area contributed by atoms with Crippen LogP contribution < -0.4 is 20.1 Å². The van der Waals surface area contributed by atoms with Gasteiger partial charge in [0, 0.05) is 29.8 Å². The third kappa shape index (κ3) is 6.29. The number of nitrogens with zero attached hydrogens (tertiary/aromatic N) is 2. The van der Waals surface area contributed by atoms with Crippen molar-refractivity contribution < 1.29 is 19.0 Å². The largest absolute Gasteiger partial charge is 0.497 e. The van der Waals surface area contributed by atoms with Crippen LogP contribution in [0.1, 0.15) is 11.1 Å². The molecule has 182 valence electrons. The lowest BCUT2D eigenvalue weighted by atomic mass is 10.1. The van der Waals surface area contributed by atoms with Crippen LogP contribution in [-0.4, -0.2) is 43.2 Å². The Labute approximate surface area is 209 Å². The molecule has 4 rings (SSSR count). The summed E-state index contributed by atoms with van der Waals surface area (Å²) in [6, 6.07) is 19.0. The van der Waals surface area contributed by atoms with Crippen LogP contribution >= 0.6 is 0 Å². The molecule has 1 amide bonds. The normalized spacial score (nSPS) is 10.3. The van der Waals surface area contributed by atoms with Crippen LogP contribution in [0.4, 0.5) is 11.5 Å². The van der Waals surface area contributed by atoms with Crippen LogP contribution in [0.5, 0.6) is 17.2 Å². The number of aryl methyl sites for hydroxylation is 1. The maximum absolute atomic E-state index is 11.5. The van der Waals surface area contributed by atoms with E-state index in [1.54, 1.807) is 7.11 Å². The molecule has 0 saturated heterocycles. The molecule has 4 aromatic rings. The number of nitrogens with one attached hydrogen (secondary N) is 2. The topological polar surface area (TPSA) is 94.6 Å². The Kier molecular flexibility index (Phi) is 7.96. The molecule has 1 aromatic heterocycles. The fourth-order valence-electron chi connectivity index (χ4n) is 3.48. The summed E-state index contributed by atoms with van der Waals surface area (Å²) in [7, 11) is 3.10. The minimum Gasteiger partial charge on any atom is -0.497 e. The van der Waals surface area contributed by atoms with Gasteiger partial charge in [0.15, 0.2) is 0 Å². The molecule has 36 heavy (non-hydrogen) atoms. The Hall–Kier alpha value is -4.61. The Balaban J connectivity index is 1.50. The van der Waals surface area contributed by atoms with Gasteiger partial charge in [-0.2, -0.15) is 0 Å². The second kappa shape index (κ2) is 11.7. The van der Waals surface area contributed by atoms with E-state index >= 15 is 0 Å². The minimum atomic E-state index is -0.208. The summed E-state index contributed by atoms with van der Waals surface area (Å²) in [6.07, 6.45) is 1.52. The molecule has 0 aliphatic rings. The summed E-state index contributed by atoms with van der Waals surface area (Å²) in [5.41, 5.74) is 3.41. The van der Waals surface area contributed by atoms with Gasteiger partial charge in [-0.1, -0.05) is 17.9 Å². The van der Waals surface area contributed by atoms with Crippen LogP contribution in [-0.2, 0) is 9.53 Å². The number of benzene rings is 3. The number of carbonyl (C=O) groups excluding carboxylic acids is 1. The van der Waals surface area contributed by atoms with Crippen molar-refractivity contribution in [2.24, 2.45) is 0 Å². The molecule has 0 unspecified atom stereocenters. The van der Waals surface area contributed by atoms with Crippen molar-refractivity contribution >= 4 is 28.3 Å². The molecule has 2 N–H and O–H groups in total. The van der Waals surface area contributed by atoms with E-state index in [-0.39, 0.29) is 19.1 Å². The van der Waals surface area contributed by atoms with Crippen LogP contribution in [0, 0.1) is 18.8 Å². The molecule has 0 aliphatic heterocycles. The van der Waals surface area contributed by atoms with Gasteiger partial charge in [0.1, 0.15) is 36.0 Å². The van der Waals surface area contributed by atoms with E-state index in [1.165, 1.54) is 13.4 Å². The number of amides is 1. The molecule has 8 nitrogen and oxygen atoms in total. The lowest BCUT2D eigenvalue weighted by Gasteiger charge is -2.13. The Morgan fingerprint density at radius 3 is 2.67 bits per heavy atom. The highest BCUT2D eigenvalue weighted by atomic mass is 16.5. The highest BCUT2D eigenvalue weighted by Crippen LogP contribution is 2.31. The number of hydrogen-bond donors (Lipinski definition) is 2. The van der Waals surface area contributed by atoms with E-state index < -0.39 is 0 Å². The maximum Gasteiger partial charge on any atom is 0.246 e. The minimum absolute atomic E-state index is 0.0115. The Bertz CT molecular complexity index is 1440. The van der Waals surface area contributed by atoms with Gasteiger partial charge in [-0.15, -0.1) is 0 Å². The van der Waals surface area contributed by atoms with Crippen LogP contribution in [0.3, 0.4) is 0 Å². The number of fused-ring (bicyclic) bond motifs is 1. The second-order valence-electron chi connectivity index (χ2n) is 7.85. The predicted molar refractivity (Wildman–Crippen MR) is 139 cm³/mol. The molecular formula is C28H26N4O4. The summed E-state index contributed by atoms with van der Waals surface area (Å²) in [4.78, 5) is 20.3. The van der Waals surface area contributed by atoms with Gasteiger partial charge in [0.05, 0.1) is 19.2 Å². The molecular weight excluding hydrogens is 456 g/mol. The summed E-state index contributed by atoms with van der Waals surface area (Å²) < 4.78 is 16.1. The Morgan fingerprint density at radius 1 is 1.00 bits per heavy atom. The molecule has 0 bridgehead atoms. The van der Waals surface area contributed by atoms with Gasteiger partial charge in [-0.05, 0) is 61.0 Å². The maximum atomic E-state index is 11.5.